The molecule has 0 heterocycles. The number of carbonyl (C=O) groups excluding carboxylic acids is 1. The van der Waals surface area contributed by atoms with E-state index < -0.39 is 17.7 Å². The lowest BCUT2D eigenvalue weighted by atomic mass is 10.1. The zero-order valence-corrected chi connectivity index (χ0v) is 13.4. The maximum atomic E-state index is 11.6. The zero-order chi connectivity index (χ0) is 17.5. The van der Waals surface area contributed by atoms with Crippen molar-refractivity contribution in [3.8, 4) is 0 Å². The van der Waals surface area contributed by atoms with Gasteiger partial charge in [0.1, 0.15) is 5.60 Å². The number of benzene rings is 1. The number of carboxylic acid groups (broad SMARTS) is 1. The van der Waals surface area contributed by atoms with Crippen LogP contribution in [-0.2, 0) is 9.53 Å². The molecule has 0 spiro atoms. The van der Waals surface area contributed by atoms with Crippen LogP contribution in [0.5, 0.6) is 0 Å². The SMILES string of the molecule is CC(C)(C)OC(=O)Nc1ccc(C=CC(=CCO)C(=O)O)cc1. The number of nitrogens with one attached hydrogen (secondary N) is 1. The number of rotatable bonds is 5. The van der Waals surface area contributed by atoms with Gasteiger partial charge in [0, 0.05) is 5.69 Å². The molecule has 0 unspecified atom stereocenters. The van der Waals surface area contributed by atoms with Crippen molar-refractivity contribution >= 4 is 23.8 Å². The van der Waals surface area contributed by atoms with Gasteiger partial charge in [-0.3, -0.25) is 5.32 Å². The van der Waals surface area contributed by atoms with E-state index in [-0.39, 0.29) is 12.2 Å². The van der Waals surface area contributed by atoms with Gasteiger partial charge in [0.2, 0.25) is 0 Å². The highest BCUT2D eigenvalue weighted by atomic mass is 16.6. The first-order chi connectivity index (χ1) is 10.7. The van der Waals surface area contributed by atoms with Crippen molar-refractivity contribution in [1.29, 1.82) is 0 Å². The summed E-state index contributed by atoms with van der Waals surface area (Å²) < 4.78 is 5.14. The molecule has 0 bridgehead atoms. The Kier molecular flexibility index (Phi) is 6.53. The fourth-order valence-electron chi connectivity index (χ4n) is 1.61. The van der Waals surface area contributed by atoms with Crippen LogP contribution in [0.3, 0.4) is 0 Å². The van der Waals surface area contributed by atoms with Gasteiger partial charge in [0.25, 0.3) is 0 Å². The molecule has 1 amide bonds. The summed E-state index contributed by atoms with van der Waals surface area (Å²) in [5, 5.41) is 20.3. The van der Waals surface area contributed by atoms with Crippen LogP contribution in [0, 0.1) is 0 Å². The molecule has 0 aliphatic carbocycles. The Morgan fingerprint density at radius 2 is 1.83 bits per heavy atom. The minimum absolute atomic E-state index is 0.00320. The van der Waals surface area contributed by atoms with Crippen LogP contribution in [0.2, 0.25) is 0 Å². The van der Waals surface area contributed by atoms with E-state index in [0.717, 1.165) is 5.56 Å². The van der Waals surface area contributed by atoms with E-state index in [1.165, 1.54) is 12.2 Å². The molecule has 3 N–H and O–H groups in total. The number of aliphatic hydroxyl groups is 1. The lowest BCUT2D eigenvalue weighted by molar-refractivity contribution is -0.132. The monoisotopic (exact) mass is 319 g/mol. The quantitative estimate of drug-likeness (QED) is 0.572. The van der Waals surface area contributed by atoms with Gasteiger partial charge in [-0.2, -0.15) is 0 Å². The summed E-state index contributed by atoms with van der Waals surface area (Å²) in [6.45, 7) is 4.99. The third-order valence-corrected chi connectivity index (χ3v) is 2.57. The molecular weight excluding hydrogens is 298 g/mol. The average molecular weight is 319 g/mol. The molecule has 0 aliphatic heterocycles. The van der Waals surface area contributed by atoms with Crippen LogP contribution in [0.1, 0.15) is 26.3 Å². The third kappa shape index (κ3) is 7.28. The van der Waals surface area contributed by atoms with E-state index in [9.17, 15) is 9.59 Å². The Bertz CT molecular complexity index is 609. The number of hydrogen-bond donors (Lipinski definition) is 3. The minimum atomic E-state index is -1.11. The Balaban J connectivity index is 2.72. The lowest BCUT2D eigenvalue weighted by Gasteiger charge is -2.19. The number of ether oxygens (including phenoxy) is 1. The van der Waals surface area contributed by atoms with Gasteiger partial charge in [0.05, 0.1) is 12.2 Å². The van der Waals surface area contributed by atoms with Gasteiger partial charge < -0.3 is 14.9 Å². The summed E-state index contributed by atoms with van der Waals surface area (Å²) >= 11 is 0. The van der Waals surface area contributed by atoms with Crippen LogP contribution >= 0.6 is 0 Å². The first kappa shape index (κ1) is 18.4. The van der Waals surface area contributed by atoms with Gasteiger partial charge in [-0.25, -0.2) is 9.59 Å². The number of aliphatic hydroxyl groups excluding tert-OH is 1. The second-order valence-corrected chi connectivity index (χ2v) is 5.73. The summed E-state index contributed by atoms with van der Waals surface area (Å²) in [4.78, 5) is 22.5. The molecule has 0 atom stereocenters. The highest BCUT2D eigenvalue weighted by Gasteiger charge is 2.15. The predicted octanol–water partition coefficient (Wildman–Crippen LogP) is 3.05. The minimum Gasteiger partial charge on any atom is -0.478 e. The van der Waals surface area contributed by atoms with Gasteiger partial charge in [-0.05, 0) is 50.6 Å². The van der Waals surface area contributed by atoms with Crippen LogP contribution in [0.4, 0.5) is 10.5 Å². The summed E-state index contributed by atoms with van der Waals surface area (Å²) in [5.74, 6) is -1.11. The molecule has 1 aromatic rings. The standard InChI is InChI=1S/C17H21NO5/c1-17(2,3)23-16(22)18-14-8-5-12(6-9-14)4-7-13(10-11-19)15(20)21/h4-10,19H,11H2,1-3H3,(H,18,22)(H,20,21). The van der Waals surface area contributed by atoms with E-state index in [1.807, 2.05) is 0 Å². The van der Waals surface area contributed by atoms with E-state index >= 15 is 0 Å². The first-order valence-corrected chi connectivity index (χ1v) is 7.04. The van der Waals surface area contributed by atoms with Gasteiger partial charge >= 0.3 is 12.1 Å². The smallest absolute Gasteiger partial charge is 0.412 e. The molecule has 124 valence electrons. The van der Waals surface area contributed by atoms with E-state index in [4.69, 9.17) is 14.9 Å². The third-order valence-electron chi connectivity index (χ3n) is 2.57. The van der Waals surface area contributed by atoms with Crippen molar-refractivity contribution in [2.24, 2.45) is 0 Å². The Hall–Kier alpha value is -2.60. The van der Waals surface area contributed by atoms with Crippen LogP contribution in [-0.4, -0.2) is 34.5 Å². The van der Waals surface area contributed by atoms with E-state index in [1.54, 1.807) is 51.1 Å². The maximum absolute atomic E-state index is 11.6. The van der Waals surface area contributed by atoms with E-state index in [0.29, 0.717) is 5.69 Å². The van der Waals surface area contributed by atoms with Crippen LogP contribution in [0.15, 0.2) is 42.0 Å². The first-order valence-electron chi connectivity index (χ1n) is 7.04. The molecule has 0 saturated heterocycles. The van der Waals surface area contributed by atoms with Crippen LogP contribution < -0.4 is 5.32 Å². The van der Waals surface area contributed by atoms with Crippen LogP contribution in [0.25, 0.3) is 6.08 Å². The van der Waals surface area contributed by atoms with Crippen molar-refractivity contribution in [2.45, 2.75) is 26.4 Å². The molecule has 0 fully saturated rings. The topological polar surface area (TPSA) is 95.9 Å². The molecule has 6 heteroatoms. The van der Waals surface area contributed by atoms with Crippen molar-refractivity contribution in [2.75, 3.05) is 11.9 Å². The highest BCUT2D eigenvalue weighted by Crippen LogP contribution is 2.14. The number of aliphatic carboxylic acids is 1. The molecule has 0 aliphatic rings. The van der Waals surface area contributed by atoms with Crippen molar-refractivity contribution < 1.29 is 24.5 Å². The Morgan fingerprint density at radius 1 is 1.22 bits per heavy atom. The molecule has 0 saturated carbocycles. The zero-order valence-electron chi connectivity index (χ0n) is 13.4. The van der Waals surface area contributed by atoms with Gasteiger partial charge in [0.15, 0.2) is 0 Å². The molecule has 1 aromatic carbocycles. The van der Waals surface area contributed by atoms with Crippen molar-refractivity contribution in [3.05, 3.63) is 47.6 Å². The fourth-order valence-corrected chi connectivity index (χ4v) is 1.61. The normalized spacial score (nSPS) is 12.3. The number of anilines is 1. The molecule has 23 heavy (non-hydrogen) atoms. The molecule has 6 nitrogen and oxygen atoms in total. The summed E-state index contributed by atoms with van der Waals surface area (Å²) in [6.07, 6.45) is 3.67. The van der Waals surface area contributed by atoms with Gasteiger partial charge in [-0.15, -0.1) is 0 Å². The summed E-state index contributed by atoms with van der Waals surface area (Å²) in [7, 11) is 0. The average Bonchev–Trinajstić information content (AvgIpc) is 2.42. The fraction of sp³-hybridized carbons (Fsp3) is 0.294. The Labute approximate surface area is 135 Å². The highest BCUT2D eigenvalue weighted by molar-refractivity contribution is 5.91. The number of hydrogen-bond acceptors (Lipinski definition) is 4. The van der Waals surface area contributed by atoms with Crippen molar-refractivity contribution in [3.63, 3.8) is 0 Å². The predicted molar refractivity (Wildman–Crippen MR) is 88.1 cm³/mol. The Morgan fingerprint density at radius 3 is 2.30 bits per heavy atom. The second kappa shape index (κ2) is 8.14. The molecule has 1 rings (SSSR count). The number of carboxylic acids is 1. The van der Waals surface area contributed by atoms with Crippen molar-refractivity contribution in [1.82, 2.24) is 0 Å². The number of amides is 1. The molecular formula is C17H21NO5. The molecule has 0 aromatic heterocycles. The molecule has 0 radical (unpaired) electrons. The van der Waals surface area contributed by atoms with E-state index in [2.05, 4.69) is 5.32 Å². The lowest BCUT2D eigenvalue weighted by Crippen LogP contribution is -2.27. The number of carbonyl (C=O) groups is 2. The van der Waals surface area contributed by atoms with Gasteiger partial charge in [-0.1, -0.05) is 18.2 Å². The maximum Gasteiger partial charge on any atom is 0.412 e. The second-order valence-electron chi connectivity index (χ2n) is 5.73. The largest absolute Gasteiger partial charge is 0.478 e. The summed E-state index contributed by atoms with van der Waals surface area (Å²) in [6, 6.07) is 6.81. The summed E-state index contributed by atoms with van der Waals surface area (Å²) in [5.41, 5.74) is 0.757.